The molecule has 4 rings (SSSR count). The van der Waals surface area contributed by atoms with E-state index in [1.54, 1.807) is 49.4 Å². The number of fused-ring (bicyclic) bond motifs is 1. The van der Waals surface area contributed by atoms with Gasteiger partial charge in [-0.2, -0.15) is 39.0 Å². The molecule has 414 valence electrons. The Balaban J connectivity index is 1.58. The van der Waals surface area contributed by atoms with E-state index in [2.05, 4.69) is 35.1 Å². The van der Waals surface area contributed by atoms with Gasteiger partial charge in [0.2, 0.25) is 5.60 Å². The van der Waals surface area contributed by atoms with Crippen LogP contribution in [-0.4, -0.2) is 93.1 Å². The predicted octanol–water partition coefficient (Wildman–Crippen LogP) is 13.4. The highest BCUT2D eigenvalue weighted by molar-refractivity contribution is 7.99. The fraction of sp³-hybridized carbons (Fsp3) is 0.714. The third-order valence-electron chi connectivity index (χ3n) is 13.6. The topological polar surface area (TPSA) is 190 Å². The largest absolute Gasteiger partial charge is 0.464 e. The highest BCUT2D eigenvalue weighted by Gasteiger charge is 2.63. The zero-order chi connectivity index (χ0) is 53.4. The van der Waals surface area contributed by atoms with E-state index in [9.17, 15) is 24.2 Å². The van der Waals surface area contributed by atoms with E-state index < -0.39 is 62.2 Å². The van der Waals surface area contributed by atoms with Crippen LogP contribution in [0.5, 0.6) is 5.75 Å². The molecule has 3 aromatic rings. The summed E-state index contributed by atoms with van der Waals surface area (Å²) in [4.78, 5) is 45.7. The van der Waals surface area contributed by atoms with Gasteiger partial charge < -0.3 is 23.5 Å². The third-order valence-corrected chi connectivity index (χ3v) is 17.2. The Morgan fingerprint density at radius 1 is 0.784 bits per heavy atom. The van der Waals surface area contributed by atoms with Crippen molar-refractivity contribution in [3.05, 3.63) is 60.2 Å². The van der Waals surface area contributed by atoms with Gasteiger partial charge in [-0.15, -0.1) is 0 Å². The molecule has 0 aliphatic carbocycles. The second kappa shape index (κ2) is 35.6. The molecule has 1 N–H and O–H groups in total. The number of ether oxygens (including phenoxy) is 4. The molecule has 3 heterocycles. The van der Waals surface area contributed by atoms with Crippen LogP contribution in [0.25, 0.3) is 5.52 Å². The lowest BCUT2D eigenvalue weighted by Crippen LogP contribution is -2.46. The predicted molar refractivity (Wildman–Crippen MR) is 296 cm³/mol. The summed E-state index contributed by atoms with van der Waals surface area (Å²) in [6.07, 6.45) is 18.0. The van der Waals surface area contributed by atoms with Gasteiger partial charge in [-0.25, -0.2) is 14.1 Å². The maximum Gasteiger partial charge on any atom is 0.459 e. The average molecular weight is 1090 g/mol. The van der Waals surface area contributed by atoms with E-state index >= 15 is 0 Å². The monoisotopic (exact) mass is 1090 g/mol. The minimum Gasteiger partial charge on any atom is -0.464 e. The Morgan fingerprint density at radius 3 is 1.86 bits per heavy atom. The Hall–Kier alpha value is -3.65. The number of carbonyl (C=O) groups excluding carboxylic acids is 3. The summed E-state index contributed by atoms with van der Waals surface area (Å²) in [5, 5.41) is 18.6. The molecular weight excluding hydrogens is 998 g/mol. The summed E-state index contributed by atoms with van der Waals surface area (Å²) in [6, 6.07) is 12.9. The number of aryl methyl sites for hydroxylation is 1. The minimum atomic E-state index is -4.50. The fourth-order valence-corrected chi connectivity index (χ4v) is 11.9. The summed E-state index contributed by atoms with van der Waals surface area (Å²) >= 11 is 3.98. The molecule has 1 aromatic carbocycles. The van der Waals surface area contributed by atoms with Crippen molar-refractivity contribution >= 4 is 54.7 Å². The Morgan fingerprint density at radius 2 is 1.32 bits per heavy atom. The molecule has 0 saturated carbocycles. The first kappa shape index (κ1) is 62.9. The number of aromatic nitrogens is 3. The van der Waals surface area contributed by atoms with Gasteiger partial charge in [-0.1, -0.05) is 149 Å². The van der Waals surface area contributed by atoms with Crippen LogP contribution in [-0.2, 0) is 48.0 Å². The van der Waals surface area contributed by atoms with Crippen molar-refractivity contribution in [1.29, 1.82) is 5.26 Å². The van der Waals surface area contributed by atoms with Crippen LogP contribution in [0.3, 0.4) is 0 Å². The van der Waals surface area contributed by atoms with E-state index in [-0.39, 0.29) is 36.8 Å². The van der Waals surface area contributed by atoms with Crippen LogP contribution in [0.1, 0.15) is 187 Å². The Bertz CT molecular complexity index is 2160. The molecule has 0 spiro atoms. The smallest absolute Gasteiger partial charge is 0.459 e. The molecule has 2 aromatic heterocycles. The number of hydrogen-bond donors (Lipinski definition) is 1. The zero-order valence-electron chi connectivity index (χ0n) is 45.4. The number of rotatable bonds is 41. The first-order valence-electron chi connectivity index (χ1n) is 27.8. The van der Waals surface area contributed by atoms with Gasteiger partial charge in [0.15, 0.2) is 12.2 Å². The summed E-state index contributed by atoms with van der Waals surface area (Å²) in [5.74, 6) is 3.31. The molecule has 1 saturated heterocycles. The van der Waals surface area contributed by atoms with Crippen molar-refractivity contribution in [3.8, 4) is 11.8 Å². The number of para-hydroxylation sites is 1. The molecule has 6 atom stereocenters. The van der Waals surface area contributed by atoms with Crippen molar-refractivity contribution in [2.24, 2.45) is 5.92 Å². The van der Waals surface area contributed by atoms with Crippen LogP contribution in [0, 0.1) is 24.2 Å². The summed E-state index contributed by atoms with van der Waals surface area (Å²) in [6.45, 7) is 11.3. The second-order valence-corrected chi connectivity index (χ2v) is 23.8. The average Bonchev–Trinajstić information content (AvgIpc) is 3.97. The van der Waals surface area contributed by atoms with Gasteiger partial charge >= 0.3 is 25.7 Å². The third kappa shape index (κ3) is 21.4. The first-order valence-corrected chi connectivity index (χ1v) is 31.7. The van der Waals surface area contributed by atoms with E-state index in [1.165, 1.54) is 80.6 Å². The lowest BCUT2D eigenvalue weighted by molar-refractivity contribution is -0.169. The zero-order valence-corrected chi connectivity index (χ0v) is 48.0. The van der Waals surface area contributed by atoms with Crippen LogP contribution in [0.15, 0.2) is 48.8 Å². The van der Waals surface area contributed by atoms with Gasteiger partial charge in [-0.3, -0.25) is 18.9 Å². The van der Waals surface area contributed by atoms with Gasteiger partial charge in [0.1, 0.15) is 30.3 Å². The number of hydrogen-bond acceptors (Lipinski definition) is 15. The summed E-state index contributed by atoms with van der Waals surface area (Å²) in [7, 11) is -4.50. The van der Waals surface area contributed by atoms with Gasteiger partial charge in [-0.05, 0) is 92.7 Å². The van der Waals surface area contributed by atoms with Crippen LogP contribution in [0.2, 0.25) is 0 Å². The van der Waals surface area contributed by atoms with Crippen molar-refractivity contribution in [2.75, 3.05) is 36.2 Å². The fourth-order valence-electron chi connectivity index (χ4n) is 9.05. The maximum atomic E-state index is 14.9. The SMILES string of the molecule is CCSCCCCCCCCCCCC(=O)O[C@H]1[C@@H](OC(=O)CCCCCCCCCCCSCC)[C@](C#N)(c2ccc3c(C)ncnn23)O[C@@H]1COP(=O)(N[C@H](C)C(=O)OCC(CC)CC)Oc1ccccc1. The number of benzene rings is 1. The first-order chi connectivity index (χ1) is 35.9. The number of carbonyl (C=O) groups is 3. The molecule has 18 heteroatoms. The highest BCUT2D eigenvalue weighted by Crippen LogP contribution is 2.48. The summed E-state index contributed by atoms with van der Waals surface area (Å²) in [5.41, 5.74) is -0.688. The van der Waals surface area contributed by atoms with Crippen LogP contribution >= 0.6 is 31.3 Å². The van der Waals surface area contributed by atoms with E-state index in [4.69, 9.17) is 28.0 Å². The van der Waals surface area contributed by atoms with Gasteiger partial charge in [0.25, 0.3) is 0 Å². The molecule has 1 aliphatic rings. The number of nitrogens with one attached hydrogen (secondary N) is 1. The number of esters is 3. The second-order valence-electron chi connectivity index (χ2n) is 19.3. The van der Waals surface area contributed by atoms with Gasteiger partial charge in [0.05, 0.1) is 30.1 Å². The molecular formula is C56H88N5O10PS2. The molecule has 0 amide bonds. The summed E-state index contributed by atoms with van der Waals surface area (Å²) < 4.78 is 53.5. The van der Waals surface area contributed by atoms with Crippen molar-refractivity contribution in [2.45, 2.75) is 213 Å². The minimum absolute atomic E-state index is 0.0678. The van der Waals surface area contributed by atoms with Crippen molar-refractivity contribution < 1.29 is 46.9 Å². The van der Waals surface area contributed by atoms with E-state index in [1.807, 2.05) is 37.4 Å². The lowest BCUT2D eigenvalue weighted by atomic mass is 9.92. The maximum absolute atomic E-state index is 14.9. The molecule has 0 bridgehead atoms. The molecule has 0 radical (unpaired) electrons. The normalized spacial score (nSPS) is 18.8. The lowest BCUT2D eigenvalue weighted by Gasteiger charge is -2.29. The Labute approximate surface area is 451 Å². The van der Waals surface area contributed by atoms with Crippen LogP contribution in [0.4, 0.5) is 0 Å². The van der Waals surface area contributed by atoms with Crippen molar-refractivity contribution in [1.82, 2.24) is 19.7 Å². The molecule has 1 aliphatic heterocycles. The standard InChI is InChI=1S/C56H88N5O10PS2/c1-7-46(8-2)40-66-55(64)45(6)60-72(65,71-47-32-26-25-27-33-47)67-41-49-53(68-51(62)34-28-21-17-13-11-15-19-23-30-38-73-9-3)54(56(42-57,70-49)50-37-36-48-44(5)58-43-59-61(48)50)69-52(63)35-29-22-18-14-12-16-20-24-31-39-74-10-4/h25-27,32-33,36-37,43,45-46,49,53-54H,7-24,28-31,34-35,38-41H2,1-6H3,(H,60,65)/t45-,49-,53-,54-,56+,72?/m1/s1. The molecule has 1 fully saturated rings. The number of nitrogens with zero attached hydrogens (tertiary/aromatic N) is 4. The molecule has 15 nitrogen and oxygen atoms in total. The highest BCUT2D eigenvalue weighted by atomic mass is 32.2. The molecule has 74 heavy (non-hydrogen) atoms. The number of thioether (sulfide) groups is 2. The van der Waals surface area contributed by atoms with E-state index in [0.717, 1.165) is 75.7 Å². The molecule has 1 unspecified atom stereocenters. The van der Waals surface area contributed by atoms with Crippen molar-refractivity contribution in [3.63, 3.8) is 0 Å². The van der Waals surface area contributed by atoms with E-state index in [0.29, 0.717) is 24.1 Å². The van der Waals surface area contributed by atoms with Crippen LogP contribution < -0.4 is 9.61 Å². The number of nitriles is 1. The van der Waals surface area contributed by atoms with Gasteiger partial charge in [0, 0.05) is 12.8 Å². The Kier molecular flexibility index (Phi) is 30.3. The number of unbranched alkanes of at least 4 members (excludes halogenated alkanes) is 16. The quantitative estimate of drug-likeness (QED) is 0.0244.